The SMILES string of the molecule is N#Cc1ccc(COc2nccnc2C2CCN(Cc3nc4ccc(C(=O)ON)cc4n3CC3CCO3)CC2)c(F)c1. The zero-order valence-electron chi connectivity index (χ0n) is 22.9. The van der Waals surface area contributed by atoms with E-state index >= 15 is 0 Å². The Morgan fingerprint density at radius 2 is 1.95 bits per heavy atom. The number of aromatic nitrogens is 4. The van der Waals surface area contributed by atoms with E-state index < -0.39 is 11.8 Å². The van der Waals surface area contributed by atoms with Crippen LogP contribution in [0.5, 0.6) is 5.88 Å². The first-order valence-electron chi connectivity index (χ1n) is 13.9. The van der Waals surface area contributed by atoms with Crippen LogP contribution < -0.4 is 10.6 Å². The average Bonchev–Trinajstić information content (AvgIpc) is 3.34. The molecule has 216 valence electrons. The van der Waals surface area contributed by atoms with E-state index in [1.54, 1.807) is 36.7 Å². The molecule has 2 aromatic heterocycles. The fourth-order valence-corrected chi connectivity index (χ4v) is 5.50. The van der Waals surface area contributed by atoms with Crippen molar-refractivity contribution in [2.45, 2.75) is 51.0 Å². The zero-order valence-corrected chi connectivity index (χ0v) is 22.9. The molecule has 0 aliphatic carbocycles. The molecule has 42 heavy (non-hydrogen) atoms. The predicted octanol–water partition coefficient (Wildman–Crippen LogP) is 3.62. The molecule has 0 saturated carbocycles. The van der Waals surface area contributed by atoms with Crippen molar-refractivity contribution in [3.63, 3.8) is 0 Å². The number of nitrogens with zero attached hydrogens (tertiary/aromatic N) is 6. The number of fused-ring (bicyclic) bond motifs is 1. The summed E-state index contributed by atoms with van der Waals surface area (Å²) in [6.07, 6.45) is 6.01. The Hall–Kier alpha value is -4.44. The Bertz CT molecular complexity index is 1640. The second kappa shape index (κ2) is 12.2. The van der Waals surface area contributed by atoms with Gasteiger partial charge in [0.05, 0.1) is 47.4 Å². The van der Waals surface area contributed by atoms with E-state index in [9.17, 15) is 9.18 Å². The minimum Gasteiger partial charge on any atom is -0.471 e. The quantitative estimate of drug-likeness (QED) is 0.296. The van der Waals surface area contributed by atoms with Crippen molar-refractivity contribution < 1.29 is 23.5 Å². The summed E-state index contributed by atoms with van der Waals surface area (Å²) in [6, 6.07) is 11.5. The monoisotopic (exact) mass is 571 g/mol. The number of imidazole rings is 1. The molecule has 2 aromatic carbocycles. The van der Waals surface area contributed by atoms with Crippen LogP contribution in [0, 0.1) is 17.1 Å². The Morgan fingerprint density at radius 1 is 1.14 bits per heavy atom. The summed E-state index contributed by atoms with van der Waals surface area (Å²) in [5.74, 6) is 5.47. The molecule has 12 heteroatoms. The molecule has 0 radical (unpaired) electrons. The number of piperidine rings is 1. The zero-order chi connectivity index (χ0) is 29.1. The summed E-state index contributed by atoms with van der Waals surface area (Å²) < 4.78 is 28.1. The molecule has 0 amide bonds. The molecule has 6 rings (SSSR count). The van der Waals surface area contributed by atoms with Crippen LogP contribution in [0.1, 0.15) is 58.2 Å². The normalized spacial score (nSPS) is 17.5. The van der Waals surface area contributed by atoms with E-state index in [1.165, 1.54) is 6.07 Å². The number of halogens is 1. The summed E-state index contributed by atoms with van der Waals surface area (Å²) >= 11 is 0. The van der Waals surface area contributed by atoms with Gasteiger partial charge in [-0.15, -0.1) is 0 Å². The molecule has 4 aromatic rings. The number of carbonyl (C=O) groups is 1. The van der Waals surface area contributed by atoms with Crippen LogP contribution in [0.4, 0.5) is 4.39 Å². The molecular formula is C30H30FN7O4. The highest BCUT2D eigenvalue weighted by molar-refractivity contribution is 5.93. The molecule has 4 heterocycles. The molecule has 2 aliphatic rings. The van der Waals surface area contributed by atoms with Gasteiger partial charge in [-0.05, 0) is 62.7 Å². The van der Waals surface area contributed by atoms with Crippen molar-refractivity contribution >= 4 is 17.0 Å². The van der Waals surface area contributed by atoms with E-state index in [4.69, 9.17) is 25.6 Å². The maximum atomic E-state index is 14.4. The molecule has 2 aliphatic heterocycles. The number of hydrogen-bond donors (Lipinski definition) is 1. The van der Waals surface area contributed by atoms with Crippen molar-refractivity contribution in [1.29, 1.82) is 5.26 Å². The fraction of sp³-hybridized carbons (Fsp3) is 0.367. The number of ether oxygens (including phenoxy) is 2. The van der Waals surface area contributed by atoms with Crippen molar-refractivity contribution in [3.8, 4) is 11.9 Å². The van der Waals surface area contributed by atoms with E-state index in [2.05, 4.69) is 24.3 Å². The highest BCUT2D eigenvalue weighted by atomic mass is 19.1. The highest BCUT2D eigenvalue weighted by Crippen LogP contribution is 2.33. The number of nitrogens with two attached hydrogens (primary N) is 1. The number of likely N-dealkylation sites (tertiary alicyclic amines) is 1. The third-order valence-corrected chi connectivity index (χ3v) is 7.93. The van der Waals surface area contributed by atoms with Gasteiger partial charge in [0, 0.05) is 30.5 Å². The Balaban J connectivity index is 1.14. The standard InChI is InChI=1S/C30H30FN7O4/c31-24-13-19(15-32)1-2-22(24)18-41-29-28(34-8-9-35-29)20-5-10-37(11-6-20)17-27-36-25-4-3-21(30(39)42-33)14-26(25)38(27)16-23-7-12-40-23/h1-4,8-9,13-14,20,23H,5-7,10-12,16-18,33H2. The van der Waals surface area contributed by atoms with Crippen LogP contribution in [-0.4, -0.2) is 56.2 Å². The Labute approximate surface area is 241 Å². The van der Waals surface area contributed by atoms with Crippen molar-refractivity contribution in [1.82, 2.24) is 24.4 Å². The number of hydrogen-bond acceptors (Lipinski definition) is 10. The van der Waals surface area contributed by atoms with Gasteiger partial charge in [0.15, 0.2) is 0 Å². The molecule has 2 fully saturated rings. The molecular weight excluding hydrogens is 541 g/mol. The maximum absolute atomic E-state index is 14.4. The summed E-state index contributed by atoms with van der Waals surface area (Å²) in [5, 5.41) is 8.97. The third-order valence-electron chi connectivity index (χ3n) is 7.93. The minimum absolute atomic E-state index is 0.00623. The lowest BCUT2D eigenvalue weighted by atomic mass is 9.93. The summed E-state index contributed by atoms with van der Waals surface area (Å²) in [4.78, 5) is 32.7. The van der Waals surface area contributed by atoms with E-state index in [-0.39, 0.29) is 24.2 Å². The summed E-state index contributed by atoms with van der Waals surface area (Å²) in [7, 11) is 0. The first-order chi connectivity index (χ1) is 20.5. The topological polar surface area (TPSA) is 141 Å². The second-order valence-corrected chi connectivity index (χ2v) is 10.5. The lowest BCUT2D eigenvalue weighted by molar-refractivity contribution is -0.0592. The Kier molecular flexibility index (Phi) is 8.05. The molecule has 2 N–H and O–H groups in total. The van der Waals surface area contributed by atoms with Crippen LogP contribution in [0.15, 0.2) is 48.8 Å². The van der Waals surface area contributed by atoms with Crippen molar-refractivity contribution in [2.75, 3.05) is 19.7 Å². The van der Waals surface area contributed by atoms with Crippen molar-refractivity contribution in [2.24, 2.45) is 5.90 Å². The molecule has 0 bridgehead atoms. The minimum atomic E-state index is -0.595. The lowest BCUT2D eigenvalue weighted by Crippen LogP contribution is -2.35. The van der Waals surface area contributed by atoms with Gasteiger partial charge >= 0.3 is 5.97 Å². The van der Waals surface area contributed by atoms with E-state index in [1.807, 2.05) is 12.1 Å². The smallest absolute Gasteiger partial charge is 0.356 e. The van der Waals surface area contributed by atoms with E-state index in [0.717, 1.165) is 61.5 Å². The third kappa shape index (κ3) is 5.80. The van der Waals surface area contributed by atoms with E-state index in [0.29, 0.717) is 30.1 Å². The number of carbonyl (C=O) groups excluding carboxylic acids is 1. The van der Waals surface area contributed by atoms with Gasteiger partial charge in [0.1, 0.15) is 23.9 Å². The average molecular weight is 572 g/mol. The van der Waals surface area contributed by atoms with Crippen LogP contribution in [-0.2, 0) is 29.3 Å². The molecule has 1 atom stereocenters. The van der Waals surface area contributed by atoms with Crippen LogP contribution in [0.2, 0.25) is 0 Å². The van der Waals surface area contributed by atoms with Gasteiger partial charge in [-0.25, -0.2) is 19.2 Å². The lowest BCUT2D eigenvalue weighted by Gasteiger charge is -2.32. The fourth-order valence-electron chi connectivity index (χ4n) is 5.50. The highest BCUT2D eigenvalue weighted by Gasteiger charge is 2.28. The van der Waals surface area contributed by atoms with Crippen molar-refractivity contribution in [3.05, 3.63) is 82.8 Å². The first kappa shape index (κ1) is 27.7. The molecule has 1 unspecified atom stereocenters. The number of benzene rings is 2. The van der Waals surface area contributed by atoms with Crippen LogP contribution in [0.25, 0.3) is 11.0 Å². The van der Waals surface area contributed by atoms with Gasteiger partial charge in [-0.1, -0.05) is 6.07 Å². The number of nitriles is 1. The van der Waals surface area contributed by atoms with Gasteiger partial charge in [0.2, 0.25) is 5.88 Å². The van der Waals surface area contributed by atoms with Gasteiger partial charge in [-0.3, -0.25) is 9.88 Å². The van der Waals surface area contributed by atoms with Gasteiger partial charge in [-0.2, -0.15) is 11.2 Å². The van der Waals surface area contributed by atoms with Gasteiger partial charge < -0.3 is 18.9 Å². The van der Waals surface area contributed by atoms with Crippen LogP contribution in [0.3, 0.4) is 0 Å². The first-order valence-corrected chi connectivity index (χ1v) is 13.9. The predicted molar refractivity (Wildman–Crippen MR) is 148 cm³/mol. The van der Waals surface area contributed by atoms with Gasteiger partial charge in [0.25, 0.3) is 0 Å². The summed E-state index contributed by atoms with van der Waals surface area (Å²) in [6.45, 7) is 3.68. The Morgan fingerprint density at radius 3 is 2.67 bits per heavy atom. The summed E-state index contributed by atoms with van der Waals surface area (Å²) in [5.41, 5.74) is 3.39. The van der Waals surface area contributed by atoms with Crippen LogP contribution >= 0.6 is 0 Å². The number of rotatable bonds is 9. The molecule has 2 saturated heterocycles. The maximum Gasteiger partial charge on any atom is 0.356 e. The molecule has 11 nitrogen and oxygen atoms in total. The largest absolute Gasteiger partial charge is 0.471 e. The molecule has 0 spiro atoms. The second-order valence-electron chi connectivity index (χ2n) is 10.5.